The van der Waals surface area contributed by atoms with Crippen LogP contribution in [0.2, 0.25) is 26.2 Å². The Balaban J connectivity index is 2.37. The fraction of sp³-hybridized carbons (Fsp3) is 1.00. The van der Waals surface area contributed by atoms with Crippen LogP contribution in [-0.2, 0) is 4.74 Å². The van der Waals surface area contributed by atoms with Crippen LogP contribution in [0, 0.1) is 0 Å². The molecule has 0 unspecified atom stereocenters. The molecule has 1 aliphatic rings. The molecule has 0 N–H and O–H groups in total. The predicted molar refractivity (Wildman–Crippen MR) is 67.7 cm³/mol. The highest BCUT2D eigenvalue weighted by molar-refractivity contribution is 6.79. The molecule has 1 fully saturated rings. The molecule has 1 rings (SSSR count). The van der Waals surface area contributed by atoms with E-state index in [1.165, 1.54) is 13.1 Å². The van der Waals surface area contributed by atoms with Crippen LogP contribution < -0.4 is 0 Å². The fourth-order valence-corrected chi connectivity index (χ4v) is 9.65. The van der Waals surface area contributed by atoms with E-state index < -0.39 is 0 Å². The summed E-state index contributed by atoms with van der Waals surface area (Å²) >= 11 is 0. The standard InChI is InChI=1S/C8H22N2OSi3/c1-13(2)10(14(3)4)12-9-5-7-11-8-6-9/h5-8,12H2,1-4H3. The monoisotopic (exact) mass is 246 g/mol. The van der Waals surface area contributed by atoms with E-state index >= 15 is 0 Å². The summed E-state index contributed by atoms with van der Waals surface area (Å²) in [5, 5.41) is 0. The molecule has 0 aromatic carbocycles. The van der Waals surface area contributed by atoms with E-state index in [2.05, 4.69) is 34.7 Å². The normalized spacial score (nSPS) is 20.8. The van der Waals surface area contributed by atoms with Gasteiger partial charge in [0, 0.05) is 13.1 Å². The van der Waals surface area contributed by atoms with Crippen molar-refractivity contribution in [3.8, 4) is 0 Å². The van der Waals surface area contributed by atoms with E-state index in [0.29, 0.717) is 0 Å². The van der Waals surface area contributed by atoms with E-state index in [4.69, 9.17) is 4.74 Å². The van der Waals surface area contributed by atoms with Crippen molar-refractivity contribution < 1.29 is 4.74 Å². The van der Waals surface area contributed by atoms with Crippen molar-refractivity contribution in [3.05, 3.63) is 0 Å². The molecule has 0 amide bonds. The Hall–Kier alpha value is 0.531. The van der Waals surface area contributed by atoms with Gasteiger partial charge in [0.15, 0.2) is 9.84 Å². The Labute approximate surface area is 93.8 Å². The average Bonchev–Trinajstić information content (AvgIpc) is 2.15. The van der Waals surface area contributed by atoms with Gasteiger partial charge in [0.1, 0.15) is 17.9 Å². The van der Waals surface area contributed by atoms with Crippen LogP contribution in [0.15, 0.2) is 0 Å². The van der Waals surface area contributed by atoms with Gasteiger partial charge < -0.3 is 13.2 Å². The second-order valence-corrected chi connectivity index (χ2v) is 12.6. The van der Waals surface area contributed by atoms with Crippen molar-refractivity contribution in [2.75, 3.05) is 26.3 Å². The first-order valence-electron chi connectivity index (χ1n) is 5.29. The Kier molecular flexibility index (Phi) is 5.57. The average molecular weight is 247 g/mol. The zero-order valence-electron chi connectivity index (χ0n) is 9.84. The van der Waals surface area contributed by atoms with Gasteiger partial charge in [0.2, 0.25) is 0 Å². The van der Waals surface area contributed by atoms with Crippen LogP contribution in [-0.4, -0.2) is 62.5 Å². The quantitative estimate of drug-likeness (QED) is 0.656. The third-order valence-corrected chi connectivity index (χ3v) is 13.3. The Morgan fingerprint density at radius 3 is 2.00 bits per heavy atom. The summed E-state index contributed by atoms with van der Waals surface area (Å²) < 4.78 is 10.9. The van der Waals surface area contributed by atoms with E-state index in [-0.39, 0.29) is 27.8 Å². The topological polar surface area (TPSA) is 15.7 Å². The molecule has 0 saturated carbocycles. The smallest absolute Gasteiger partial charge is 0.159 e. The first-order chi connectivity index (χ1) is 6.61. The Morgan fingerprint density at radius 1 is 1.07 bits per heavy atom. The summed E-state index contributed by atoms with van der Waals surface area (Å²) in [6.45, 7) is 14.0. The minimum Gasteiger partial charge on any atom is -0.379 e. The maximum absolute atomic E-state index is 5.38. The molecule has 0 bridgehead atoms. The second-order valence-electron chi connectivity index (χ2n) is 4.19. The Morgan fingerprint density at radius 2 is 1.57 bits per heavy atom. The minimum atomic E-state index is -0.213. The lowest BCUT2D eigenvalue weighted by Crippen LogP contribution is -2.54. The van der Waals surface area contributed by atoms with Gasteiger partial charge in [-0.15, -0.1) is 0 Å². The number of hydrogen-bond acceptors (Lipinski definition) is 3. The summed E-state index contributed by atoms with van der Waals surface area (Å²) in [6.07, 6.45) is 0. The molecular formula is C8H22N2OSi3. The van der Waals surface area contributed by atoms with Gasteiger partial charge in [-0.3, -0.25) is 0 Å². The zero-order valence-corrected chi connectivity index (χ0v) is 13.3. The van der Waals surface area contributed by atoms with Crippen LogP contribution in [0.3, 0.4) is 0 Å². The van der Waals surface area contributed by atoms with Gasteiger partial charge >= 0.3 is 0 Å². The lowest BCUT2D eigenvalue weighted by Gasteiger charge is -2.36. The van der Waals surface area contributed by atoms with E-state index in [9.17, 15) is 0 Å². The first kappa shape index (κ1) is 12.6. The van der Waals surface area contributed by atoms with Crippen LogP contribution >= 0.6 is 0 Å². The summed E-state index contributed by atoms with van der Waals surface area (Å²) in [7, 11) is -0.565. The summed E-state index contributed by atoms with van der Waals surface area (Å²) in [6, 6.07) is 0. The third-order valence-electron chi connectivity index (χ3n) is 2.52. The molecule has 0 aromatic rings. The Bertz CT molecular complexity index is 155. The van der Waals surface area contributed by atoms with E-state index in [1.54, 1.807) is 0 Å². The highest BCUT2D eigenvalue weighted by Crippen LogP contribution is 2.02. The van der Waals surface area contributed by atoms with E-state index in [0.717, 1.165) is 13.2 Å². The maximum atomic E-state index is 5.38. The van der Waals surface area contributed by atoms with Crippen LogP contribution in [0.5, 0.6) is 0 Å². The second kappa shape index (κ2) is 6.19. The number of ether oxygens (including phenoxy) is 1. The van der Waals surface area contributed by atoms with Gasteiger partial charge in [0.05, 0.1) is 13.2 Å². The number of hydrogen-bond donors (Lipinski definition) is 0. The zero-order chi connectivity index (χ0) is 10.6. The number of nitrogens with zero attached hydrogens (tertiary/aromatic N) is 2. The van der Waals surface area contributed by atoms with Gasteiger partial charge in [-0.05, 0) is 0 Å². The molecule has 1 saturated heterocycles. The maximum Gasteiger partial charge on any atom is 0.159 e. The van der Waals surface area contributed by atoms with Gasteiger partial charge in [-0.1, -0.05) is 26.2 Å². The third kappa shape index (κ3) is 3.95. The minimum absolute atomic E-state index is 0.138. The van der Waals surface area contributed by atoms with Gasteiger partial charge in [0.25, 0.3) is 0 Å². The molecule has 2 radical (unpaired) electrons. The molecule has 0 aliphatic carbocycles. The first-order valence-corrected chi connectivity index (χ1v) is 11.4. The lowest BCUT2D eigenvalue weighted by atomic mass is 10.5. The summed E-state index contributed by atoms with van der Waals surface area (Å²) in [5.41, 5.74) is 0. The molecule has 1 aliphatic heterocycles. The van der Waals surface area contributed by atoms with Crippen LogP contribution in [0.25, 0.3) is 0 Å². The highest BCUT2D eigenvalue weighted by Gasteiger charge is 2.20. The molecule has 0 spiro atoms. The molecule has 0 aromatic heterocycles. The number of rotatable bonds is 4. The molecular weight excluding hydrogens is 224 g/mol. The lowest BCUT2D eigenvalue weighted by molar-refractivity contribution is 0.0712. The molecule has 1 heterocycles. The fourth-order valence-electron chi connectivity index (χ4n) is 1.67. The molecule has 14 heavy (non-hydrogen) atoms. The van der Waals surface area contributed by atoms with Crippen LogP contribution in [0.1, 0.15) is 0 Å². The molecule has 6 heteroatoms. The van der Waals surface area contributed by atoms with Crippen molar-refractivity contribution in [2.24, 2.45) is 0 Å². The predicted octanol–water partition coefficient (Wildman–Crippen LogP) is 0.122. The SMILES string of the molecule is C[Si](C)N([SiH2]N1CCOCC1)[Si](C)C. The van der Waals surface area contributed by atoms with Crippen molar-refractivity contribution >= 4 is 27.8 Å². The molecule has 0 atom stereocenters. The molecule has 3 nitrogen and oxygen atoms in total. The van der Waals surface area contributed by atoms with Crippen molar-refractivity contribution in [2.45, 2.75) is 26.2 Å². The van der Waals surface area contributed by atoms with Crippen molar-refractivity contribution in [1.82, 2.24) is 8.46 Å². The summed E-state index contributed by atoms with van der Waals surface area (Å²) in [4.78, 5) is 0. The largest absolute Gasteiger partial charge is 0.379 e. The van der Waals surface area contributed by atoms with E-state index in [1.807, 2.05) is 0 Å². The van der Waals surface area contributed by atoms with Crippen LogP contribution in [0.4, 0.5) is 0 Å². The van der Waals surface area contributed by atoms with Gasteiger partial charge in [-0.2, -0.15) is 0 Å². The summed E-state index contributed by atoms with van der Waals surface area (Å²) in [5.74, 6) is 0. The van der Waals surface area contributed by atoms with Gasteiger partial charge in [-0.25, -0.2) is 0 Å². The van der Waals surface area contributed by atoms with Crippen molar-refractivity contribution in [1.29, 1.82) is 0 Å². The molecule has 82 valence electrons. The number of morpholine rings is 1. The van der Waals surface area contributed by atoms with Crippen molar-refractivity contribution in [3.63, 3.8) is 0 Å². The highest BCUT2D eigenvalue weighted by atomic mass is 28.4.